The van der Waals surface area contributed by atoms with Gasteiger partial charge in [-0.1, -0.05) is 352 Å². The van der Waals surface area contributed by atoms with Crippen LogP contribution in [0.25, 0.3) is 60.9 Å². The van der Waals surface area contributed by atoms with Crippen LogP contribution in [0.2, 0.25) is 0 Å². The van der Waals surface area contributed by atoms with E-state index in [0.29, 0.717) is 0 Å². The molecule has 3 heterocycles. The Kier molecular flexibility index (Phi) is 15.0. The molecule has 0 saturated heterocycles. The van der Waals surface area contributed by atoms with Crippen molar-refractivity contribution in [2.45, 2.75) is 0 Å². The van der Waals surface area contributed by atoms with Crippen molar-refractivity contribution in [1.29, 1.82) is 0 Å². The van der Waals surface area contributed by atoms with E-state index < -0.39 is 16.1 Å². The lowest BCUT2D eigenvalue weighted by Gasteiger charge is -2.45. The van der Waals surface area contributed by atoms with Gasteiger partial charge in [-0.15, -0.1) is 0 Å². The summed E-state index contributed by atoms with van der Waals surface area (Å²) in [5.74, 6) is 0. The van der Waals surface area contributed by atoms with E-state index in [0.717, 1.165) is 62.0 Å². The first kappa shape index (κ1) is 60.6. The summed E-state index contributed by atoms with van der Waals surface area (Å²) in [6.07, 6.45) is 0. The maximum Gasteiger partial charge on any atom is 0.252 e. The topological polar surface area (TPSA) is 11.4 Å². The van der Waals surface area contributed by atoms with E-state index in [1.165, 1.54) is 90.9 Å². The molecule has 16 aromatic carbocycles. The molecular weight excluding hydrogens is 1260 g/mol. The number of hydrogen-bond donors (Lipinski definition) is 0. The lowest BCUT2D eigenvalue weighted by molar-refractivity contribution is 1.16. The van der Waals surface area contributed by atoms with Gasteiger partial charge >= 0.3 is 0 Å². The Hall–Kier alpha value is -12.6. The molecule has 1 aromatic heterocycles. The molecule has 0 saturated carbocycles. The van der Waals surface area contributed by atoms with E-state index in [2.05, 4.69) is 427 Å². The van der Waals surface area contributed by atoms with E-state index in [9.17, 15) is 0 Å². The summed E-state index contributed by atoms with van der Waals surface area (Å²) in [6.45, 7) is -0.232. The van der Waals surface area contributed by atoms with E-state index in [1.807, 2.05) is 0 Å². The van der Waals surface area contributed by atoms with Crippen LogP contribution >= 0.6 is 0 Å². The predicted molar refractivity (Wildman–Crippen MR) is 438 cm³/mol. The van der Waals surface area contributed by atoms with E-state index in [-0.39, 0.29) is 6.71 Å². The van der Waals surface area contributed by atoms with Gasteiger partial charge in [0.05, 0.1) is 16.7 Å². The van der Waals surface area contributed by atoms with Gasteiger partial charge in [-0.25, -0.2) is 0 Å². The highest BCUT2D eigenvalue weighted by Crippen LogP contribution is 2.48. The summed E-state index contributed by atoms with van der Waals surface area (Å²) in [4.78, 5) is 5.32. The minimum Gasteiger partial charge on any atom is -0.311 e. The smallest absolute Gasteiger partial charge is 0.252 e. The van der Waals surface area contributed by atoms with Crippen molar-refractivity contribution in [2.24, 2.45) is 0 Å². The second-order valence-electron chi connectivity index (χ2n) is 27.0. The summed E-state index contributed by atoms with van der Waals surface area (Å²) < 4.78 is 2.54. The molecule has 17 aromatic rings. The Morgan fingerprint density at radius 2 is 0.529 bits per heavy atom. The Morgan fingerprint density at radius 1 is 0.196 bits per heavy atom. The predicted octanol–water partition coefficient (Wildman–Crippen LogP) is 16.6. The molecule has 102 heavy (non-hydrogen) atoms. The summed E-state index contributed by atoms with van der Waals surface area (Å²) >= 11 is 0. The van der Waals surface area contributed by atoms with Crippen molar-refractivity contribution in [1.82, 2.24) is 4.57 Å². The van der Waals surface area contributed by atoms with Gasteiger partial charge in [0.2, 0.25) is 0 Å². The van der Waals surface area contributed by atoms with Gasteiger partial charge in [0.15, 0.2) is 16.1 Å². The van der Waals surface area contributed by atoms with Crippen molar-refractivity contribution in [3.05, 3.63) is 413 Å². The molecule has 0 bridgehead atoms. The van der Waals surface area contributed by atoms with E-state index in [4.69, 9.17) is 0 Å². The average Bonchev–Trinajstić information content (AvgIpc) is 0.783. The second-order valence-corrected chi connectivity index (χ2v) is 34.7. The first-order valence-electron chi connectivity index (χ1n) is 35.4. The van der Waals surface area contributed by atoms with Crippen LogP contribution < -0.4 is 67.7 Å². The van der Waals surface area contributed by atoms with E-state index >= 15 is 0 Å². The lowest BCUT2D eigenvalue weighted by Crippen LogP contribution is -2.74. The molecule has 0 aliphatic carbocycles. The number of hydrogen-bond acceptors (Lipinski definition) is 2. The van der Waals surface area contributed by atoms with Crippen molar-refractivity contribution in [3.63, 3.8) is 0 Å². The molecule has 0 N–H and O–H groups in total. The largest absolute Gasteiger partial charge is 0.311 e. The van der Waals surface area contributed by atoms with Gasteiger partial charge in [-0.3, -0.25) is 0 Å². The Labute approximate surface area is 598 Å². The molecule has 0 spiro atoms. The fraction of sp³-hybridized carbons (Fsp3) is 0. The summed E-state index contributed by atoms with van der Waals surface area (Å²) in [7, 11) is -6.27. The van der Waals surface area contributed by atoms with Crippen molar-refractivity contribution < 1.29 is 0 Å². The van der Waals surface area contributed by atoms with Gasteiger partial charge in [-0.05, 0) is 152 Å². The quantitative estimate of drug-likeness (QED) is 0.0794. The van der Waals surface area contributed by atoms with Crippen LogP contribution in [0, 0.1) is 0 Å². The normalized spacial score (nSPS) is 12.5. The molecule has 2 aliphatic rings. The molecule has 0 radical (unpaired) electrons. The van der Waals surface area contributed by atoms with Gasteiger partial charge in [0, 0.05) is 44.9 Å². The summed E-state index contributed by atoms with van der Waals surface area (Å²) in [5.41, 5.74) is 20.8. The number of fused-ring (bicyclic) bond motifs is 7. The van der Waals surface area contributed by atoms with Crippen LogP contribution in [-0.4, -0.2) is 27.4 Å². The minimum absolute atomic E-state index is 0.232. The second kappa shape index (κ2) is 25.3. The van der Waals surface area contributed by atoms with Crippen LogP contribution in [-0.2, 0) is 0 Å². The number of aromatic nitrogens is 1. The highest BCUT2D eigenvalue weighted by molar-refractivity contribution is 7.20. The monoisotopic (exact) mass is 1330 g/mol. The fourth-order valence-electron chi connectivity index (χ4n) is 17.3. The fourth-order valence-corrected chi connectivity index (χ4v) is 26.9. The third-order valence-electron chi connectivity index (χ3n) is 21.6. The number of anilines is 6. The van der Waals surface area contributed by atoms with Gasteiger partial charge in [0.1, 0.15) is 0 Å². The van der Waals surface area contributed by atoms with Gasteiger partial charge < -0.3 is 14.4 Å². The Balaban J connectivity index is 0.971. The maximum atomic E-state index is 2.67. The molecule has 0 atom stereocenters. The Morgan fingerprint density at radius 3 is 0.941 bits per heavy atom. The summed E-state index contributed by atoms with van der Waals surface area (Å²) in [5, 5.41) is 13.0. The Bertz CT molecular complexity index is 5700. The third-order valence-corrected chi connectivity index (χ3v) is 31.1. The zero-order valence-corrected chi connectivity index (χ0v) is 58.2. The highest BCUT2D eigenvalue weighted by atomic mass is 28.3. The van der Waals surface area contributed by atoms with Crippen molar-refractivity contribution >= 4 is 137 Å². The molecule has 0 fully saturated rings. The summed E-state index contributed by atoms with van der Waals surface area (Å²) in [6, 6.07) is 156. The molecule has 478 valence electrons. The van der Waals surface area contributed by atoms with Crippen LogP contribution in [0.3, 0.4) is 0 Å². The first-order valence-corrected chi connectivity index (χ1v) is 39.4. The number of para-hydroxylation sites is 2. The van der Waals surface area contributed by atoms with E-state index in [1.54, 1.807) is 0 Å². The third kappa shape index (κ3) is 9.85. The zero-order chi connectivity index (χ0) is 67.6. The average molecular weight is 1330 g/mol. The standard InChI is InChI=1S/C96H68BN3Si2/c1-10-33-69(34-11-1)72-57-59-92-88(63-72)97-89-64-73(70-35-12-2-13-36-70)58-60-93(89)100(76-61-74(71-37-14-3-15-38-71)62-85(66-76)102(81-46-22-7-23-47-81,82-48-24-8-25-49-82)83-50-26-9-27-51-83)95-68-77(99-90-55-30-28-53-86(90)87-54-29-31-56-91(87)99)67-94(96(95)97)98(92)75-39-32-52-84(65-75)101(78-40-16-4-17-41-78,79-42-18-5-19-43-79)80-44-20-6-21-45-80/h1-68H. The van der Waals surface area contributed by atoms with Gasteiger partial charge in [0.25, 0.3) is 6.71 Å². The highest BCUT2D eigenvalue weighted by Gasteiger charge is 2.48. The molecule has 0 unspecified atom stereocenters. The SMILES string of the molecule is c1ccc(-c2cc(N3c4ccc(-c5ccccc5)cc4B4c5cc(-c6ccccc6)ccc5N(c5cccc([Si](c6ccccc6)(c6ccccc6)c6ccccc6)c5)c5cc(-n6c7ccccc7c7ccccc76)cc3c54)cc([Si](c3ccccc3)(c3ccccc3)c3ccccc3)c2)cc1. The molecule has 19 rings (SSSR count). The van der Waals surface area contributed by atoms with Gasteiger partial charge in [-0.2, -0.15) is 0 Å². The number of nitrogens with zero attached hydrogens (tertiary/aromatic N) is 3. The first-order chi connectivity index (χ1) is 50.6. The zero-order valence-electron chi connectivity index (χ0n) is 56.2. The number of rotatable bonds is 14. The molecular formula is C96H68BN3Si2. The maximum absolute atomic E-state index is 3.20. The van der Waals surface area contributed by atoms with Crippen molar-refractivity contribution in [3.8, 4) is 39.1 Å². The van der Waals surface area contributed by atoms with Crippen LogP contribution in [0.4, 0.5) is 34.1 Å². The molecule has 2 aliphatic heterocycles. The van der Waals surface area contributed by atoms with Crippen LogP contribution in [0.5, 0.6) is 0 Å². The molecule has 3 nitrogen and oxygen atoms in total. The minimum atomic E-state index is -3.20. The molecule has 6 heteroatoms. The van der Waals surface area contributed by atoms with Crippen molar-refractivity contribution in [2.75, 3.05) is 9.80 Å². The van der Waals surface area contributed by atoms with Crippen LogP contribution in [0.1, 0.15) is 0 Å². The van der Waals surface area contributed by atoms with Crippen LogP contribution in [0.15, 0.2) is 413 Å². The lowest BCUT2D eigenvalue weighted by atomic mass is 9.33. The molecule has 0 amide bonds. The number of benzene rings is 16.